The summed E-state index contributed by atoms with van der Waals surface area (Å²) >= 11 is 0. The Labute approximate surface area is 70.8 Å². The first-order valence-corrected chi connectivity index (χ1v) is 3.88. The van der Waals surface area contributed by atoms with Gasteiger partial charge >= 0.3 is 0 Å². The Hall–Kier alpha value is -1.35. The molecule has 12 heavy (non-hydrogen) atoms. The fraction of sp³-hybridized carbons (Fsp3) is 0.222. The van der Waals surface area contributed by atoms with Gasteiger partial charge in [0.2, 0.25) is 0 Å². The van der Waals surface area contributed by atoms with E-state index in [-0.39, 0.29) is 12.1 Å². The van der Waals surface area contributed by atoms with E-state index in [4.69, 9.17) is 0 Å². The quantitative estimate of drug-likeness (QED) is 0.648. The van der Waals surface area contributed by atoms with E-state index in [1.54, 1.807) is 0 Å². The molecule has 1 aromatic carbocycles. The number of carbonyl (C=O) groups is 1. The summed E-state index contributed by atoms with van der Waals surface area (Å²) in [6.07, 6.45) is -0.126. The van der Waals surface area contributed by atoms with Gasteiger partial charge in [-0.2, -0.15) is 0 Å². The van der Waals surface area contributed by atoms with Crippen molar-refractivity contribution in [1.82, 2.24) is 10.6 Å². The number of benzene rings is 1. The van der Waals surface area contributed by atoms with Crippen molar-refractivity contribution in [3.63, 3.8) is 0 Å². The van der Waals surface area contributed by atoms with Crippen LogP contribution in [0.3, 0.4) is 0 Å². The van der Waals surface area contributed by atoms with Crippen LogP contribution in [0.2, 0.25) is 0 Å². The second-order valence-electron chi connectivity index (χ2n) is 2.72. The highest BCUT2D eigenvalue weighted by Gasteiger charge is 2.22. The zero-order valence-electron chi connectivity index (χ0n) is 6.53. The predicted molar refractivity (Wildman–Crippen MR) is 44.3 cm³/mol. The minimum atomic E-state index is -0.126. The Morgan fingerprint density at radius 3 is 2.67 bits per heavy atom. The first kappa shape index (κ1) is 7.31. The molecule has 0 spiro atoms. The van der Waals surface area contributed by atoms with Crippen LogP contribution in [-0.2, 0) is 4.79 Å². The zero-order chi connectivity index (χ0) is 8.39. The Morgan fingerprint density at radius 1 is 1.33 bits per heavy atom. The molecule has 3 nitrogen and oxygen atoms in total. The summed E-state index contributed by atoms with van der Waals surface area (Å²) in [5.74, 6) is -0.0659. The maximum atomic E-state index is 10.8. The van der Waals surface area contributed by atoms with Gasteiger partial charge in [0.25, 0.3) is 5.91 Å². The van der Waals surface area contributed by atoms with Gasteiger partial charge in [0.15, 0.2) is 0 Å². The lowest BCUT2D eigenvalue weighted by atomic mass is 10.2. The third-order valence-corrected chi connectivity index (χ3v) is 1.84. The third kappa shape index (κ3) is 1.31. The highest BCUT2D eigenvalue weighted by molar-refractivity contribution is 5.80. The van der Waals surface area contributed by atoms with Crippen molar-refractivity contribution in [3.8, 4) is 0 Å². The fourth-order valence-corrected chi connectivity index (χ4v) is 1.25. The Morgan fingerprint density at radius 2 is 2.08 bits per heavy atom. The highest BCUT2D eigenvalue weighted by atomic mass is 16.2. The van der Waals surface area contributed by atoms with E-state index in [1.165, 1.54) is 0 Å². The summed E-state index contributed by atoms with van der Waals surface area (Å²) in [6.45, 7) is 0.361. The molecule has 1 radical (unpaired) electrons. The van der Waals surface area contributed by atoms with Crippen molar-refractivity contribution in [2.45, 2.75) is 6.17 Å². The van der Waals surface area contributed by atoms with E-state index in [9.17, 15) is 4.79 Å². The van der Waals surface area contributed by atoms with Gasteiger partial charge < -0.3 is 0 Å². The Bertz CT molecular complexity index is 284. The standard InChI is InChI=1S/C9H9N2O/c12-8-6-10-9(11-8)7-4-2-1-3-5-7/h1-5,9-10H,6H2. The van der Waals surface area contributed by atoms with Crippen molar-refractivity contribution in [1.29, 1.82) is 0 Å². The molecule has 1 N–H and O–H groups in total. The molecule has 0 aliphatic carbocycles. The molecule has 1 unspecified atom stereocenters. The summed E-state index contributed by atoms with van der Waals surface area (Å²) < 4.78 is 0. The Kier molecular flexibility index (Phi) is 1.80. The fourth-order valence-electron chi connectivity index (χ4n) is 1.25. The van der Waals surface area contributed by atoms with Crippen molar-refractivity contribution >= 4 is 5.91 Å². The molecule has 0 bridgehead atoms. The number of hydrogen-bond donors (Lipinski definition) is 1. The number of amides is 1. The van der Waals surface area contributed by atoms with Gasteiger partial charge in [-0.25, -0.2) is 5.32 Å². The number of nitrogens with one attached hydrogen (secondary N) is 1. The summed E-state index contributed by atoms with van der Waals surface area (Å²) in [5, 5.41) is 6.92. The molecule has 0 aromatic heterocycles. The minimum Gasteiger partial charge on any atom is -0.283 e. The lowest BCUT2D eigenvalue weighted by molar-refractivity contribution is -0.118. The van der Waals surface area contributed by atoms with Gasteiger partial charge in [-0.15, -0.1) is 0 Å². The number of rotatable bonds is 1. The molecule has 1 atom stereocenters. The molecule has 1 heterocycles. The van der Waals surface area contributed by atoms with Crippen molar-refractivity contribution in [3.05, 3.63) is 35.9 Å². The van der Waals surface area contributed by atoms with Gasteiger partial charge in [-0.1, -0.05) is 30.3 Å². The summed E-state index contributed by atoms with van der Waals surface area (Å²) in [6, 6.07) is 9.74. The molecule has 1 aliphatic rings. The summed E-state index contributed by atoms with van der Waals surface area (Å²) in [4.78, 5) is 10.8. The van der Waals surface area contributed by atoms with Crippen LogP contribution in [0.25, 0.3) is 0 Å². The van der Waals surface area contributed by atoms with Crippen molar-refractivity contribution in [2.24, 2.45) is 0 Å². The molecule has 1 fully saturated rings. The van der Waals surface area contributed by atoms with Crippen LogP contribution >= 0.6 is 0 Å². The SMILES string of the molecule is O=C1CNC(c2ccccc2)[N]1. The molecule has 1 saturated heterocycles. The number of nitrogens with zero attached hydrogens (tertiary/aromatic N) is 1. The van der Waals surface area contributed by atoms with Gasteiger partial charge in [0, 0.05) is 0 Å². The largest absolute Gasteiger partial charge is 0.283 e. The summed E-state index contributed by atoms with van der Waals surface area (Å²) in [5.41, 5.74) is 1.04. The third-order valence-electron chi connectivity index (χ3n) is 1.84. The zero-order valence-corrected chi connectivity index (χ0v) is 6.53. The smallest absolute Gasteiger partial charge is 0.257 e. The van der Waals surface area contributed by atoms with E-state index in [1.807, 2.05) is 30.3 Å². The molecular weight excluding hydrogens is 152 g/mol. The van der Waals surface area contributed by atoms with E-state index < -0.39 is 0 Å². The Balaban J connectivity index is 2.16. The number of hydrogen-bond acceptors (Lipinski definition) is 2. The van der Waals surface area contributed by atoms with E-state index >= 15 is 0 Å². The van der Waals surface area contributed by atoms with E-state index in [0.29, 0.717) is 6.54 Å². The van der Waals surface area contributed by atoms with Crippen LogP contribution < -0.4 is 10.6 Å². The van der Waals surface area contributed by atoms with E-state index in [2.05, 4.69) is 10.6 Å². The molecule has 1 amide bonds. The molecule has 3 heteroatoms. The maximum Gasteiger partial charge on any atom is 0.257 e. The maximum absolute atomic E-state index is 10.8. The second-order valence-corrected chi connectivity index (χ2v) is 2.72. The molecule has 1 aromatic rings. The molecule has 1 aliphatic heterocycles. The topological polar surface area (TPSA) is 43.2 Å². The van der Waals surface area contributed by atoms with Crippen molar-refractivity contribution in [2.75, 3.05) is 6.54 Å². The van der Waals surface area contributed by atoms with Gasteiger partial charge in [-0.3, -0.25) is 10.1 Å². The van der Waals surface area contributed by atoms with E-state index in [0.717, 1.165) is 5.56 Å². The van der Waals surface area contributed by atoms with Gasteiger partial charge in [-0.05, 0) is 5.56 Å². The average Bonchev–Trinajstić information content (AvgIpc) is 2.54. The number of carbonyl (C=O) groups excluding carboxylic acids is 1. The summed E-state index contributed by atoms with van der Waals surface area (Å²) in [7, 11) is 0. The van der Waals surface area contributed by atoms with Crippen LogP contribution in [-0.4, -0.2) is 12.5 Å². The lowest BCUT2D eigenvalue weighted by Crippen LogP contribution is -2.16. The van der Waals surface area contributed by atoms with Crippen LogP contribution in [0, 0.1) is 0 Å². The van der Waals surface area contributed by atoms with Crippen LogP contribution in [0.4, 0.5) is 0 Å². The average molecular weight is 161 g/mol. The van der Waals surface area contributed by atoms with Gasteiger partial charge in [0.1, 0.15) is 6.17 Å². The molecular formula is C9H9N2O. The first-order valence-electron chi connectivity index (χ1n) is 3.88. The lowest BCUT2D eigenvalue weighted by Gasteiger charge is -2.06. The first-order chi connectivity index (χ1) is 5.86. The van der Waals surface area contributed by atoms with Crippen molar-refractivity contribution < 1.29 is 4.79 Å². The molecule has 0 saturated carbocycles. The normalized spacial score (nSPS) is 22.3. The van der Waals surface area contributed by atoms with Crippen LogP contribution in [0.5, 0.6) is 0 Å². The molecule has 61 valence electrons. The minimum absolute atomic E-state index is 0.0659. The molecule has 2 rings (SSSR count). The van der Waals surface area contributed by atoms with Crippen LogP contribution in [0.1, 0.15) is 11.7 Å². The monoisotopic (exact) mass is 161 g/mol. The second kappa shape index (κ2) is 2.95. The van der Waals surface area contributed by atoms with Gasteiger partial charge in [0.05, 0.1) is 6.54 Å². The van der Waals surface area contributed by atoms with Crippen LogP contribution in [0.15, 0.2) is 30.3 Å². The highest BCUT2D eigenvalue weighted by Crippen LogP contribution is 2.12. The predicted octanol–water partition coefficient (Wildman–Crippen LogP) is 0.419.